The second-order valence-corrected chi connectivity index (χ2v) is 5.07. The van der Waals surface area contributed by atoms with Gasteiger partial charge in [-0.2, -0.15) is 0 Å². The van der Waals surface area contributed by atoms with Crippen LogP contribution in [0.5, 0.6) is 5.75 Å². The van der Waals surface area contributed by atoms with Crippen LogP contribution in [-0.4, -0.2) is 24.8 Å². The summed E-state index contributed by atoms with van der Waals surface area (Å²) in [7, 11) is 1.46. The van der Waals surface area contributed by atoms with E-state index in [-0.39, 0.29) is 5.56 Å². The van der Waals surface area contributed by atoms with Gasteiger partial charge < -0.3 is 4.74 Å². The van der Waals surface area contributed by atoms with Crippen molar-refractivity contribution in [3.05, 3.63) is 29.8 Å². The number of benzene rings is 1. The summed E-state index contributed by atoms with van der Waals surface area (Å²) in [5.74, 6) is -1.08. The van der Waals surface area contributed by atoms with E-state index in [1.807, 2.05) is 0 Å². The molecule has 0 amide bonds. The number of hydrogen-bond acceptors (Lipinski definition) is 3. The molecule has 0 heterocycles. The minimum atomic E-state index is -2.13. The molecule has 0 spiro atoms. The van der Waals surface area contributed by atoms with Crippen molar-refractivity contribution in [2.24, 2.45) is 5.41 Å². The maximum Gasteiger partial charge on any atom is 0.221 e. The third-order valence-electron chi connectivity index (χ3n) is 2.55. The minimum absolute atomic E-state index is 0.138. The Bertz CT molecular complexity index is 460. The zero-order chi connectivity index (χ0) is 13.9. The van der Waals surface area contributed by atoms with E-state index < -0.39 is 23.2 Å². The first-order valence-corrected chi connectivity index (χ1v) is 5.64. The van der Waals surface area contributed by atoms with Crippen molar-refractivity contribution in [2.75, 3.05) is 7.11 Å². The number of ether oxygens (including phenoxy) is 1. The van der Waals surface area contributed by atoms with Crippen LogP contribution in [0.3, 0.4) is 0 Å². The molecule has 0 saturated heterocycles. The first kappa shape index (κ1) is 14.4. The zero-order valence-corrected chi connectivity index (χ0v) is 11.0. The molecule has 18 heavy (non-hydrogen) atoms. The van der Waals surface area contributed by atoms with Crippen LogP contribution in [0.4, 0.5) is 4.39 Å². The predicted octanol–water partition coefficient (Wildman–Crippen LogP) is 2.83. The fourth-order valence-corrected chi connectivity index (χ4v) is 1.42. The summed E-state index contributed by atoms with van der Waals surface area (Å²) in [4.78, 5) is 23.6. The van der Waals surface area contributed by atoms with Crippen molar-refractivity contribution >= 4 is 11.6 Å². The number of alkyl halides is 1. The summed E-state index contributed by atoms with van der Waals surface area (Å²) in [6.07, 6.45) is -2.13. The topological polar surface area (TPSA) is 43.4 Å². The minimum Gasteiger partial charge on any atom is -0.497 e. The Morgan fingerprint density at radius 1 is 1.28 bits per heavy atom. The number of halogens is 1. The third kappa shape index (κ3) is 3.15. The van der Waals surface area contributed by atoms with Gasteiger partial charge in [0.25, 0.3) is 0 Å². The van der Waals surface area contributed by atoms with Gasteiger partial charge in [-0.15, -0.1) is 0 Å². The maximum absolute atomic E-state index is 13.9. The van der Waals surface area contributed by atoms with Gasteiger partial charge in [-0.1, -0.05) is 32.9 Å². The van der Waals surface area contributed by atoms with Gasteiger partial charge in [-0.05, 0) is 12.1 Å². The summed E-state index contributed by atoms with van der Waals surface area (Å²) in [6, 6.07) is 6.12. The Hall–Kier alpha value is -1.71. The van der Waals surface area contributed by atoms with Crippen LogP contribution in [0.25, 0.3) is 0 Å². The Morgan fingerprint density at radius 3 is 2.39 bits per heavy atom. The van der Waals surface area contributed by atoms with E-state index in [1.165, 1.54) is 19.2 Å². The SMILES string of the molecule is COc1cccc(C(=O)C(F)C(=O)C(C)(C)C)c1. The number of ketones is 2. The first-order chi connectivity index (χ1) is 8.27. The molecule has 4 heteroatoms. The first-order valence-electron chi connectivity index (χ1n) is 5.64. The number of methoxy groups -OCH3 is 1. The lowest BCUT2D eigenvalue weighted by Crippen LogP contribution is -2.35. The van der Waals surface area contributed by atoms with Gasteiger partial charge in [0.2, 0.25) is 12.0 Å². The Kier molecular flexibility index (Phi) is 4.22. The Labute approximate surface area is 106 Å². The summed E-state index contributed by atoms with van der Waals surface area (Å²) in [5.41, 5.74) is -0.743. The summed E-state index contributed by atoms with van der Waals surface area (Å²) >= 11 is 0. The second kappa shape index (κ2) is 5.29. The lowest BCUT2D eigenvalue weighted by molar-refractivity contribution is -0.129. The molecule has 3 nitrogen and oxygen atoms in total. The van der Waals surface area contributed by atoms with Crippen LogP contribution in [0.1, 0.15) is 31.1 Å². The largest absolute Gasteiger partial charge is 0.497 e. The molecule has 0 bridgehead atoms. The van der Waals surface area contributed by atoms with Crippen LogP contribution < -0.4 is 4.74 Å². The van der Waals surface area contributed by atoms with Crippen molar-refractivity contribution in [3.8, 4) is 5.75 Å². The fourth-order valence-electron chi connectivity index (χ4n) is 1.42. The number of Topliss-reactive ketones (excluding diaryl/α,β-unsaturated/α-hetero) is 2. The normalized spacial score (nSPS) is 12.9. The quantitative estimate of drug-likeness (QED) is 0.611. The van der Waals surface area contributed by atoms with Crippen molar-refractivity contribution in [2.45, 2.75) is 26.9 Å². The van der Waals surface area contributed by atoms with Gasteiger partial charge in [0, 0.05) is 11.0 Å². The molecule has 1 unspecified atom stereocenters. The molecule has 0 N–H and O–H groups in total. The molecule has 1 rings (SSSR count). The van der Waals surface area contributed by atoms with Crippen molar-refractivity contribution < 1.29 is 18.7 Å². The van der Waals surface area contributed by atoms with E-state index in [9.17, 15) is 14.0 Å². The molecule has 0 aromatic heterocycles. The summed E-state index contributed by atoms with van der Waals surface area (Å²) < 4.78 is 18.8. The monoisotopic (exact) mass is 252 g/mol. The molecule has 0 aliphatic carbocycles. The molecule has 0 aliphatic rings. The number of carbonyl (C=O) groups is 2. The highest BCUT2D eigenvalue weighted by Gasteiger charge is 2.35. The van der Waals surface area contributed by atoms with E-state index in [4.69, 9.17) is 4.74 Å². The average molecular weight is 252 g/mol. The van der Waals surface area contributed by atoms with Gasteiger partial charge in [0.05, 0.1) is 7.11 Å². The van der Waals surface area contributed by atoms with Gasteiger partial charge in [-0.25, -0.2) is 4.39 Å². The lowest BCUT2D eigenvalue weighted by atomic mass is 9.86. The van der Waals surface area contributed by atoms with E-state index in [0.717, 1.165) is 0 Å². The molecule has 98 valence electrons. The van der Waals surface area contributed by atoms with Gasteiger partial charge >= 0.3 is 0 Å². The van der Waals surface area contributed by atoms with E-state index >= 15 is 0 Å². The van der Waals surface area contributed by atoms with Crippen LogP contribution in [0, 0.1) is 5.41 Å². The van der Waals surface area contributed by atoms with E-state index in [0.29, 0.717) is 5.75 Å². The highest BCUT2D eigenvalue weighted by Crippen LogP contribution is 2.22. The van der Waals surface area contributed by atoms with Crippen molar-refractivity contribution in [3.63, 3.8) is 0 Å². The number of hydrogen-bond donors (Lipinski definition) is 0. The third-order valence-corrected chi connectivity index (χ3v) is 2.55. The highest BCUT2D eigenvalue weighted by atomic mass is 19.1. The van der Waals surface area contributed by atoms with E-state index in [2.05, 4.69) is 0 Å². The molecule has 1 atom stereocenters. The zero-order valence-electron chi connectivity index (χ0n) is 11.0. The van der Waals surface area contributed by atoms with Crippen molar-refractivity contribution in [1.29, 1.82) is 0 Å². The Balaban J connectivity index is 2.96. The van der Waals surface area contributed by atoms with Crippen LogP contribution in [-0.2, 0) is 4.79 Å². The van der Waals surface area contributed by atoms with Crippen LogP contribution >= 0.6 is 0 Å². The van der Waals surface area contributed by atoms with Gasteiger partial charge in [0.1, 0.15) is 5.75 Å². The molecule has 0 saturated carbocycles. The molecular formula is C14H17FO3. The standard InChI is InChI=1S/C14H17FO3/c1-14(2,3)13(17)11(15)12(16)9-6-5-7-10(8-9)18-4/h5-8,11H,1-4H3. The van der Waals surface area contributed by atoms with Crippen LogP contribution in [0.15, 0.2) is 24.3 Å². The second-order valence-electron chi connectivity index (χ2n) is 5.07. The van der Waals surface area contributed by atoms with Gasteiger partial charge in [0.15, 0.2) is 5.78 Å². The summed E-state index contributed by atoms with van der Waals surface area (Å²) in [5, 5.41) is 0. The smallest absolute Gasteiger partial charge is 0.221 e. The number of carbonyl (C=O) groups excluding carboxylic acids is 2. The molecule has 1 aromatic carbocycles. The predicted molar refractivity (Wildman–Crippen MR) is 66.7 cm³/mol. The number of rotatable bonds is 4. The van der Waals surface area contributed by atoms with Gasteiger partial charge in [-0.3, -0.25) is 9.59 Å². The highest BCUT2D eigenvalue weighted by molar-refractivity contribution is 6.14. The summed E-state index contributed by atoms with van der Waals surface area (Å²) in [6.45, 7) is 4.75. The van der Waals surface area contributed by atoms with Crippen LogP contribution in [0.2, 0.25) is 0 Å². The van der Waals surface area contributed by atoms with E-state index in [1.54, 1.807) is 32.9 Å². The lowest BCUT2D eigenvalue weighted by Gasteiger charge is -2.18. The molecule has 0 aliphatic heterocycles. The maximum atomic E-state index is 13.9. The molecule has 0 fully saturated rings. The molecule has 1 aromatic rings. The molecular weight excluding hydrogens is 235 g/mol. The Morgan fingerprint density at radius 2 is 1.89 bits per heavy atom. The molecule has 0 radical (unpaired) electrons. The van der Waals surface area contributed by atoms with Crippen molar-refractivity contribution in [1.82, 2.24) is 0 Å². The fraction of sp³-hybridized carbons (Fsp3) is 0.429. The average Bonchev–Trinajstić information content (AvgIpc) is 2.35.